The summed E-state index contributed by atoms with van der Waals surface area (Å²) in [4.78, 5) is 6.56. The molecule has 0 radical (unpaired) electrons. The Morgan fingerprint density at radius 3 is 2.65 bits per heavy atom. The number of fused-ring (bicyclic) bond motifs is 1. The summed E-state index contributed by atoms with van der Waals surface area (Å²) in [5, 5.41) is 5.12. The van der Waals surface area contributed by atoms with E-state index in [2.05, 4.69) is 33.0 Å². The predicted molar refractivity (Wildman–Crippen MR) is 88.5 cm³/mol. The van der Waals surface area contributed by atoms with Crippen LogP contribution in [0, 0.1) is 0 Å². The van der Waals surface area contributed by atoms with Gasteiger partial charge in [0.05, 0.1) is 11.2 Å². The summed E-state index contributed by atoms with van der Waals surface area (Å²) in [6, 6.07) is 0.502. The van der Waals surface area contributed by atoms with E-state index >= 15 is 0 Å². The van der Waals surface area contributed by atoms with Crippen LogP contribution in [0.15, 0.2) is 0 Å². The first-order valence-electron chi connectivity index (χ1n) is 8.32. The maximum absolute atomic E-state index is 5.01. The molecule has 1 N–H and O–H groups in total. The fraction of sp³-hybridized carbons (Fsp3) is 0.824. The van der Waals surface area contributed by atoms with Gasteiger partial charge >= 0.3 is 0 Å². The molecule has 2 rings (SSSR count). The van der Waals surface area contributed by atoms with Crippen LogP contribution in [0.25, 0.3) is 0 Å². The molecule has 1 aliphatic carbocycles. The molecule has 0 saturated heterocycles. The largest absolute Gasteiger partial charge is 0.303 e. The van der Waals surface area contributed by atoms with Crippen molar-refractivity contribution >= 4 is 11.3 Å². The van der Waals surface area contributed by atoms with Crippen LogP contribution in [-0.4, -0.2) is 11.0 Å². The van der Waals surface area contributed by atoms with Crippen LogP contribution in [0.3, 0.4) is 0 Å². The van der Waals surface area contributed by atoms with Crippen LogP contribution in [0.5, 0.6) is 0 Å². The Hall–Kier alpha value is -0.410. The second-order valence-electron chi connectivity index (χ2n) is 6.68. The molecule has 0 amide bonds. The molecule has 1 heterocycles. The molecule has 20 heavy (non-hydrogen) atoms. The van der Waals surface area contributed by atoms with Crippen molar-refractivity contribution in [2.75, 3.05) is 0 Å². The summed E-state index contributed by atoms with van der Waals surface area (Å²) >= 11 is 1.97. The third-order valence-electron chi connectivity index (χ3n) is 4.21. The Morgan fingerprint density at radius 1 is 1.25 bits per heavy atom. The monoisotopic (exact) mass is 294 g/mol. The van der Waals surface area contributed by atoms with Crippen molar-refractivity contribution in [3.05, 3.63) is 15.6 Å². The van der Waals surface area contributed by atoms with Crippen molar-refractivity contribution in [3.63, 3.8) is 0 Å². The third kappa shape index (κ3) is 3.82. The molecule has 0 aromatic carbocycles. The Balaban J connectivity index is 2.18. The van der Waals surface area contributed by atoms with Crippen molar-refractivity contribution < 1.29 is 0 Å². The molecule has 0 fully saturated rings. The minimum absolute atomic E-state index is 0.0609. The standard InChI is InChI=1S/C17H30N2S/c1-5-6-9-12-17(4,19-13(2)3)16-18-14-10-7-8-11-15(14)20-16/h13,19H,5-12H2,1-4H3. The van der Waals surface area contributed by atoms with Crippen LogP contribution in [0.4, 0.5) is 0 Å². The SMILES string of the molecule is CCCCCC(C)(NC(C)C)c1nc2c(s1)CCCC2. The minimum atomic E-state index is 0.0609. The van der Waals surface area contributed by atoms with Gasteiger partial charge in [-0.15, -0.1) is 11.3 Å². The van der Waals surface area contributed by atoms with E-state index in [-0.39, 0.29) is 5.54 Å². The quantitative estimate of drug-likeness (QED) is 0.730. The van der Waals surface area contributed by atoms with Crippen molar-refractivity contribution in [1.29, 1.82) is 0 Å². The van der Waals surface area contributed by atoms with Gasteiger partial charge in [-0.05, 0) is 52.9 Å². The maximum atomic E-state index is 5.01. The average Bonchev–Trinajstić information content (AvgIpc) is 2.82. The summed E-state index contributed by atoms with van der Waals surface area (Å²) < 4.78 is 0. The molecule has 2 nitrogen and oxygen atoms in total. The van der Waals surface area contributed by atoms with E-state index in [0.29, 0.717) is 6.04 Å². The van der Waals surface area contributed by atoms with Crippen LogP contribution < -0.4 is 5.32 Å². The highest BCUT2D eigenvalue weighted by molar-refractivity contribution is 7.11. The first-order chi connectivity index (χ1) is 9.55. The normalized spacial score (nSPS) is 18.1. The van der Waals surface area contributed by atoms with E-state index in [9.17, 15) is 0 Å². The van der Waals surface area contributed by atoms with Gasteiger partial charge in [-0.25, -0.2) is 4.98 Å². The molecule has 0 saturated carbocycles. The van der Waals surface area contributed by atoms with E-state index in [1.54, 1.807) is 4.88 Å². The number of nitrogens with zero attached hydrogens (tertiary/aromatic N) is 1. The second kappa shape index (κ2) is 7.04. The summed E-state index contributed by atoms with van der Waals surface area (Å²) in [7, 11) is 0. The average molecular weight is 295 g/mol. The van der Waals surface area contributed by atoms with Gasteiger partial charge in [-0.3, -0.25) is 0 Å². The maximum Gasteiger partial charge on any atom is 0.113 e. The van der Waals surface area contributed by atoms with E-state index in [0.717, 1.165) is 0 Å². The summed E-state index contributed by atoms with van der Waals surface area (Å²) in [6.45, 7) is 9.11. The van der Waals surface area contributed by atoms with Crippen LogP contribution in [0.1, 0.15) is 81.8 Å². The molecule has 1 aromatic rings. The number of nitrogens with one attached hydrogen (secondary N) is 1. The fourth-order valence-corrected chi connectivity index (χ4v) is 4.48. The Morgan fingerprint density at radius 2 is 2.00 bits per heavy atom. The molecule has 0 spiro atoms. The lowest BCUT2D eigenvalue weighted by Gasteiger charge is -2.31. The van der Waals surface area contributed by atoms with E-state index in [4.69, 9.17) is 4.98 Å². The van der Waals surface area contributed by atoms with Crippen molar-refractivity contribution in [2.45, 2.75) is 90.6 Å². The van der Waals surface area contributed by atoms with Crippen molar-refractivity contribution in [2.24, 2.45) is 0 Å². The van der Waals surface area contributed by atoms with Gasteiger partial charge in [-0.2, -0.15) is 0 Å². The molecule has 1 aliphatic rings. The lowest BCUT2D eigenvalue weighted by atomic mass is 9.94. The topological polar surface area (TPSA) is 24.9 Å². The number of aromatic nitrogens is 1. The number of thiazole rings is 1. The van der Waals surface area contributed by atoms with E-state index in [1.165, 1.54) is 62.1 Å². The number of hydrogen-bond donors (Lipinski definition) is 1. The summed E-state index contributed by atoms with van der Waals surface area (Å²) in [6.07, 6.45) is 10.2. The summed E-state index contributed by atoms with van der Waals surface area (Å²) in [5.74, 6) is 0. The number of aryl methyl sites for hydroxylation is 2. The molecule has 114 valence electrons. The smallest absolute Gasteiger partial charge is 0.113 e. The number of hydrogen-bond acceptors (Lipinski definition) is 3. The fourth-order valence-electron chi connectivity index (χ4n) is 3.19. The highest BCUT2D eigenvalue weighted by Crippen LogP contribution is 2.35. The second-order valence-corrected chi connectivity index (χ2v) is 7.77. The van der Waals surface area contributed by atoms with Gasteiger partial charge < -0.3 is 5.32 Å². The highest BCUT2D eigenvalue weighted by Gasteiger charge is 2.31. The number of unbranched alkanes of at least 4 members (excludes halogenated alkanes) is 2. The van der Waals surface area contributed by atoms with Crippen LogP contribution in [0.2, 0.25) is 0 Å². The zero-order chi connectivity index (χ0) is 14.6. The Labute approximate surface area is 128 Å². The molecule has 1 atom stereocenters. The van der Waals surface area contributed by atoms with Crippen LogP contribution >= 0.6 is 11.3 Å². The molecule has 0 aliphatic heterocycles. The van der Waals surface area contributed by atoms with Gasteiger partial charge in [-0.1, -0.05) is 26.2 Å². The van der Waals surface area contributed by atoms with Gasteiger partial charge in [0.25, 0.3) is 0 Å². The minimum Gasteiger partial charge on any atom is -0.303 e. The van der Waals surface area contributed by atoms with Gasteiger partial charge in [0.15, 0.2) is 0 Å². The Kier molecular flexibility index (Phi) is 5.62. The predicted octanol–water partition coefficient (Wildman–Crippen LogP) is 4.82. The van der Waals surface area contributed by atoms with Gasteiger partial charge in [0.1, 0.15) is 5.01 Å². The molecular formula is C17H30N2S. The van der Waals surface area contributed by atoms with Crippen molar-refractivity contribution in [3.8, 4) is 0 Å². The molecule has 1 unspecified atom stereocenters. The molecule has 0 bridgehead atoms. The lowest BCUT2D eigenvalue weighted by Crippen LogP contribution is -2.43. The van der Waals surface area contributed by atoms with Gasteiger partial charge in [0.2, 0.25) is 0 Å². The zero-order valence-corrected chi connectivity index (χ0v) is 14.4. The summed E-state index contributed by atoms with van der Waals surface area (Å²) in [5.41, 5.74) is 1.45. The molecular weight excluding hydrogens is 264 g/mol. The molecule has 1 aromatic heterocycles. The van der Waals surface area contributed by atoms with E-state index in [1.807, 2.05) is 11.3 Å². The number of rotatable bonds is 7. The zero-order valence-electron chi connectivity index (χ0n) is 13.6. The van der Waals surface area contributed by atoms with Gasteiger partial charge in [0, 0.05) is 10.9 Å². The third-order valence-corrected chi connectivity index (χ3v) is 5.63. The first kappa shape index (κ1) is 16.0. The highest BCUT2D eigenvalue weighted by atomic mass is 32.1. The first-order valence-corrected chi connectivity index (χ1v) is 9.13. The van der Waals surface area contributed by atoms with Crippen LogP contribution in [-0.2, 0) is 18.4 Å². The lowest BCUT2D eigenvalue weighted by molar-refractivity contribution is 0.300. The van der Waals surface area contributed by atoms with Crippen molar-refractivity contribution in [1.82, 2.24) is 10.3 Å². The van der Waals surface area contributed by atoms with E-state index < -0.39 is 0 Å². The molecule has 3 heteroatoms. The Bertz CT molecular complexity index is 401.